The Bertz CT molecular complexity index is 752. The molecular weight excluding hydrogens is 302 g/mol. The third-order valence-electron chi connectivity index (χ3n) is 4.40. The maximum absolute atomic E-state index is 12.4. The predicted molar refractivity (Wildman–Crippen MR) is 91.9 cm³/mol. The summed E-state index contributed by atoms with van der Waals surface area (Å²) in [5.41, 5.74) is 2.70. The second kappa shape index (κ2) is 5.87. The Morgan fingerprint density at radius 3 is 1.88 bits per heavy atom. The zero-order chi connectivity index (χ0) is 17.5. The number of β-amino-alcohol motifs (C(OH)–C–C–N with tert-alkyl or cyclic N) is 1. The Labute approximate surface area is 141 Å². The van der Waals surface area contributed by atoms with Gasteiger partial charge in [0, 0.05) is 0 Å². The van der Waals surface area contributed by atoms with Crippen molar-refractivity contribution in [2.45, 2.75) is 32.3 Å². The molecule has 0 saturated heterocycles. The van der Waals surface area contributed by atoms with Crippen LogP contribution in [0.5, 0.6) is 0 Å². The highest BCUT2D eigenvalue weighted by Crippen LogP contribution is 2.27. The second-order valence-electron chi connectivity index (χ2n) is 7.15. The molecule has 1 heterocycles. The Morgan fingerprint density at radius 1 is 0.917 bits per heavy atom. The Hall–Kier alpha value is -2.46. The summed E-state index contributed by atoms with van der Waals surface area (Å²) >= 11 is 0. The van der Waals surface area contributed by atoms with E-state index in [2.05, 4.69) is 20.8 Å². The smallest absolute Gasteiger partial charge is 0.261 e. The number of carbonyl (C=O) groups is 2. The molecule has 2 aromatic carbocycles. The van der Waals surface area contributed by atoms with Gasteiger partial charge in [0.15, 0.2) is 0 Å². The molecule has 3 rings (SSSR count). The summed E-state index contributed by atoms with van der Waals surface area (Å²) in [6, 6.07) is 14.4. The fourth-order valence-corrected chi connectivity index (χ4v) is 2.89. The summed E-state index contributed by atoms with van der Waals surface area (Å²) in [7, 11) is 0. The van der Waals surface area contributed by atoms with Gasteiger partial charge in [0.2, 0.25) is 0 Å². The molecule has 1 aliphatic heterocycles. The quantitative estimate of drug-likeness (QED) is 0.882. The summed E-state index contributed by atoms with van der Waals surface area (Å²) in [6.07, 6.45) is -0.902. The van der Waals surface area contributed by atoms with Gasteiger partial charge in [0.25, 0.3) is 11.8 Å². The van der Waals surface area contributed by atoms with Crippen LogP contribution in [0.2, 0.25) is 0 Å². The first-order valence-electron chi connectivity index (χ1n) is 8.03. The van der Waals surface area contributed by atoms with E-state index >= 15 is 0 Å². The van der Waals surface area contributed by atoms with Crippen molar-refractivity contribution >= 4 is 11.8 Å². The summed E-state index contributed by atoms with van der Waals surface area (Å²) in [5.74, 6) is -0.693. The number of aliphatic hydroxyl groups excluding tert-OH is 1. The molecule has 1 N–H and O–H groups in total. The van der Waals surface area contributed by atoms with Gasteiger partial charge >= 0.3 is 0 Å². The first-order valence-corrected chi connectivity index (χ1v) is 8.03. The van der Waals surface area contributed by atoms with Gasteiger partial charge in [0.1, 0.15) is 0 Å². The van der Waals surface area contributed by atoms with Crippen molar-refractivity contribution in [3.05, 3.63) is 70.8 Å². The highest BCUT2D eigenvalue weighted by atomic mass is 16.3. The molecule has 24 heavy (non-hydrogen) atoms. The normalized spacial score (nSPS) is 15.6. The van der Waals surface area contributed by atoms with Crippen LogP contribution in [0.4, 0.5) is 0 Å². The molecule has 0 aromatic heterocycles. The van der Waals surface area contributed by atoms with E-state index in [-0.39, 0.29) is 23.8 Å². The van der Waals surface area contributed by atoms with Gasteiger partial charge in [0.05, 0.1) is 23.8 Å². The number of aliphatic hydroxyl groups is 1. The van der Waals surface area contributed by atoms with Crippen molar-refractivity contribution in [2.24, 2.45) is 0 Å². The van der Waals surface area contributed by atoms with Gasteiger partial charge in [-0.25, -0.2) is 0 Å². The van der Waals surface area contributed by atoms with Crippen LogP contribution in [0.1, 0.15) is 58.7 Å². The lowest BCUT2D eigenvalue weighted by Crippen LogP contribution is -2.33. The first-order chi connectivity index (χ1) is 11.3. The first kappa shape index (κ1) is 16.4. The molecule has 0 saturated carbocycles. The lowest BCUT2D eigenvalue weighted by molar-refractivity contribution is 0.0543. The molecule has 124 valence electrons. The number of rotatable bonds is 3. The van der Waals surface area contributed by atoms with E-state index in [1.165, 1.54) is 5.56 Å². The van der Waals surface area contributed by atoms with Crippen LogP contribution in [0.25, 0.3) is 0 Å². The van der Waals surface area contributed by atoms with E-state index in [9.17, 15) is 14.7 Å². The number of amides is 2. The molecule has 2 aromatic rings. The van der Waals surface area contributed by atoms with E-state index in [0.717, 1.165) is 4.90 Å². The molecule has 0 bridgehead atoms. The number of carbonyl (C=O) groups excluding carboxylic acids is 2. The minimum absolute atomic E-state index is 0.0337. The molecule has 1 unspecified atom stereocenters. The number of hydrogen-bond acceptors (Lipinski definition) is 3. The average Bonchev–Trinajstić information content (AvgIpc) is 2.79. The highest BCUT2D eigenvalue weighted by Gasteiger charge is 2.36. The Kier molecular flexibility index (Phi) is 4.01. The molecule has 2 amide bonds. The molecule has 0 aliphatic carbocycles. The molecule has 4 heteroatoms. The van der Waals surface area contributed by atoms with E-state index in [0.29, 0.717) is 16.7 Å². The molecule has 1 aliphatic rings. The standard InChI is InChI=1S/C20H21NO3/c1-20(2,3)14-10-8-13(9-11-14)17(22)12-21-18(23)15-6-4-5-7-16(15)19(21)24/h4-11,17,22H,12H2,1-3H3. The lowest BCUT2D eigenvalue weighted by atomic mass is 9.86. The van der Waals surface area contributed by atoms with Crippen molar-refractivity contribution in [3.63, 3.8) is 0 Å². The summed E-state index contributed by atoms with van der Waals surface area (Å²) in [6.45, 7) is 6.33. The van der Waals surface area contributed by atoms with Gasteiger partial charge in [-0.15, -0.1) is 0 Å². The monoisotopic (exact) mass is 323 g/mol. The van der Waals surface area contributed by atoms with Crippen LogP contribution in [0.15, 0.2) is 48.5 Å². The fraction of sp³-hybridized carbons (Fsp3) is 0.300. The molecular formula is C20H21NO3. The van der Waals surface area contributed by atoms with Crippen molar-refractivity contribution < 1.29 is 14.7 Å². The van der Waals surface area contributed by atoms with Crippen LogP contribution < -0.4 is 0 Å². The molecule has 0 radical (unpaired) electrons. The van der Waals surface area contributed by atoms with Crippen molar-refractivity contribution in [1.82, 2.24) is 4.90 Å². The van der Waals surface area contributed by atoms with Gasteiger partial charge in [-0.3, -0.25) is 14.5 Å². The van der Waals surface area contributed by atoms with Crippen LogP contribution in [0.3, 0.4) is 0 Å². The van der Waals surface area contributed by atoms with Gasteiger partial charge in [-0.2, -0.15) is 0 Å². The van der Waals surface area contributed by atoms with E-state index < -0.39 is 6.10 Å². The van der Waals surface area contributed by atoms with Crippen LogP contribution in [-0.4, -0.2) is 28.4 Å². The Balaban J connectivity index is 1.77. The maximum Gasteiger partial charge on any atom is 0.261 e. The van der Waals surface area contributed by atoms with Gasteiger partial charge in [-0.05, 0) is 28.7 Å². The SMILES string of the molecule is CC(C)(C)c1ccc(C(O)CN2C(=O)c3ccccc3C2=O)cc1. The van der Waals surface area contributed by atoms with Crippen LogP contribution in [0, 0.1) is 0 Å². The number of benzene rings is 2. The molecule has 1 atom stereocenters. The Morgan fingerprint density at radius 2 is 1.42 bits per heavy atom. The molecule has 4 nitrogen and oxygen atoms in total. The van der Waals surface area contributed by atoms with E-state index in [1.54, 1.807) is 24.3 Å². The number of imide groups is 1. The second-order valence-corrected chi connectivity index (χ2v) is 7.15. The van der Waals surface area contributed by atoms with Crippen LogP contribution in [-0.2, 0) is 5.41 Å². The largest absolute Gasteiger partial charge is 0.387 e. The third kappa shape index (κ3) is 2.85. The minimum atomic E-state index is -0.902. The summed E-state index contributed by atoms with van der Waals surface area (Å²) in [5, 5.41) is 10.4. The fourth-order valence-electron chi connectivity index (χ4n) is 2.89. The third-order valence-corrected chi connectivity index (χ3v) is 4.40. The zero-order valence-electron chi connectivity index (χ0n) is 14.1. The zero-order valence-corrected chi connectivity index (χ0v) is 14.1. The van der Waals surface area contributed by atoms with E-state index in [1.807, 2.05) is 24.3 Å². The number of fused-ring (bicyclic) bond motifs is 1. The summed E-state index contributed by atoms with van der Waals surface area (Å²) < 4.78 is 0. The van der Waals surface area contributed by atoms with Gasteiger partial charge < -0.3 is 5.11 Å². The maximum atomic E-state index is 12.4. The average molecular weight is 323 g/mol. The summed E-state index contributed by atoms with van der Waals surface area (Å²) in [4.78, 5) is 25.8. The number of hydrogen-bond donors (Lipinski definition) is 1. The molecule has 0 fully saturated rings. The minimum Gasteiger partial charge on any atom is -0.387 e. The van der Waals surface area contributed by atoms with Crippen molar-refractivity contribution in [1.29, 1.82) is 0 Å². The lowest BCUT2D eigenvalue weighted by Gasteiger charge is -2.21. The van der Waals surface area contributed by atoms with Crippen molar-refractivity contribution in [3.8, 4) is 0 Å². The topological polar surface area (TPSA) is 57.6 Å². The molecule has 0 spiro atoms. The highest BCUT2D eigenvalue weighted by molar-refractivity contribution is 6.21. The van der Waals surface area contributed by atoms with Gasteiger partial charge in [-0.1, -0.05) is 57.2 Å². The van der Waals surface area contributed by atoms with E-state index in [4.69, 9.17) is 0 Å². The van der Waals surface area contributed by atoms with Crippen LogP contribution >= 0.6 is 0 Å². The number of nitrogens with zero attached hydrogens (tertiary/aromatic N) is 1. The predicted octanol–water partition coefficient (Wildman–Crippen LogP) is 3.31. The van der Waals surface area contributed by atoms with Crippen molar-refractivity contribution in [2.75, 3.05) is 6.54 Å².